The standard InChI is InChI=1S/C9H11FN2/c1-12(2)7-11-9-5-3-4-8(10)6-9/h3-7H,1-2H3. The van der Waals surface area contributed by atoms with Crippen LogP contribution in [-0.4, -0.2) is 25.3 Å². The van der Waals surface area contributed by atoms with Crippen molar-refractivity contribution in [2.45, 2.75) is 0 Å². The molecule has 0 atom stereocenters. The summed E-state index contributed by atoms with van der Waals surface area (Å²) in [5, 5.41) is 0. The summed E-state index contributed by atoms with van der Waals surface area (Å²) >= 11 is 0. The van der Waals surface area contributed by atoms with Crippen molar-refractivity contribution >= 4 is 12.0 Å². The number of nitrogens with zero attached hydrogens (tertiary/aromatic N) is 2. The van der Waals surface area contributed by atoms with Crippen LogP contribution in [0, 0.1) is 5.82 Å². The van der Waals surface area contributed by atoms with Gasteiger partial charge in [-0.25, -0.2) is 9.38 Å². The van der Waals surface area contributed by atoms with Crippen LogP contribution in [0.25, 0.3) is 0 Å². The fourth-order valence-electron chi connectivity index (χ4n) is 0.739. The summed E-state index contributed by atoms with van der Waals surface area (Å²) in [7, 11) is 3.73. The maximum Gasteiger partial charge on any atom is 0.125 e. The third-order valence-electron chi connectivity index (χ3n) is 1.25. The van der Waals surface area contributed by atoms with Gasteiger partial charge in [-0.15, -0.1) is 0 Å². The van der Waals surface area contributed by atoms with Crippen LogP contribution >= 0.6 is 0 Å². The van der Waals surface area contributed by atoms with Crippen LogP contribution in [0.1, 0.15) is 0 Å². The molecule has 0 saturated heterocycles. The summed E-state index contributed by atoms with van der Waals surface area (Å²) in [6.07, 6.45) is 1.63. The minimum atomic E-state index is -0.261. The van der Waals surface area contributed by atoms with E-state index in [1.807, 2.05) is 14.1 Å². The molecule has 0 N–H and O–H groups in total. The van der Waals surface area contributed by atoms with E-state index in [0.29, 0.717) is 5.69 Å². The molecule has 0 aliphatic carbocycles. The Morgan fingerprint density at radius 3 is 2.75 bits per heavy atom. The van der Waals surface area contributed by atoms with Crippen molar-refractivity contribution in [1.82, 2.24) is 4.90 Å². The van der Waals surface area contributed by atoms with Gasteiger partial charge in [0.25, 0.3) is 0 Å². The van der Waals surface area contributed by atoms with Crippen molar-refractivity contribution in [3.63, 3.8) is 0 Å². The van der Waals surface area contributed by atoms with Gasteiger partial charge in [-0.2, -0.15) is 0 Å². The maximum absolute atomic E-state index is 12.6. The van der Waals surface area contributed by atoms with E-state index in [1.54, 1.807) is 23.4 Å². The highest BCUT2D eigenvalue weighted by atomic mass is 19.1. The zero-order valence-electron chi connectivity index (χ0n) is 7.16. The number of hydrogen-bond acceptors (Lipinski definition) is 1. The maximum atomic E-state index is 12.6. The minimum Gasteiger partial charge on any atom is -0.369 e. The fourth-order valence-corrected chi connectivity index (χ4v) is 0.739. The van der Waals surface area contributed by atoms with Crippen molar-refractivity contribution in [2.24, 2.45) is 4.99 Å². The highest BCUT2D eigenvalue weighted by Gasteiger charge is 1.90. The van der Waals surface area contributed by atoms with Gasteiger partial charge in [0.15, 0.2) is 0 Å². The van der Waals surface area contributed by atoms with E-state index < -0.39 is 0 Å². The second kappa shape index (κ2) is 3.85. The van der Waals surface area contributed by atoms with Crippen LogP contribution in [0.15, 0.2) is 29.3 Å². The quantitative estimate of drug-likeness (QED) is 0.485. The summed E-state index contributed by atoms with van der Waals surface area (Å²) in [6, 6.07) is 6.18. The van der Waals surface area contributed by atoms with E-state index in [4.69, 9.17) is 0 Å². The molecule has 0 amide bonds. The van der Waals surface area contributed by atoms with Crippen molar-refractivity contribution < 1.29 is 4.39 Å². The molecular weight excluding hydrogens is 155 g/mol. The van der Waals surface area contributed by atoms with Crippen molar-refractivity contribution in [3.8, 4) is 0 Å². The van der Waals surface area contributed by atoms with Gasteiger partial charge in [-0.05, 0) is 18.2 Å². The summed E-state index contributed by atoms with van der Waals surface area (Å²) in [6.45, 7) is 0. The first-order valence-corrected chi connectivity index (χ1v) is 3.64. The fraction of sp³-hybridized carbons (Fsp3) is 0.222. The normalized spacial score (nSPS) is 10.6. The van der Waals surface area contributed by atoms with E-state index in [1.165, 1.54) is 12.1 Å². The predicted octanol–water partition coefficient (Wildman–Crippen LogP) is 2.05. The van der Waals surface area contributed by atoms with E-state index in [-0.39, 0.29) is 5.82 Å². The Balaban J connectivity index is 2.76. The Morgan fingerprint density at radius 1 is 1.42 bits per heavy atom. The van der Waals surface area contributed by atoms with Gasteiger partial charge in [-0.1, -0.05) is 6.07 Å². The monoisotopic (exact) mass is 166 g/mol. The second-order valence-corrected chi connectivity index (χ2v) is 2.69. The Morgan fingerprint density at radius 2 is 2.17 bits per heavy atom. The van der Waals surface area contributed by atoms with Crippen LogP contribution in [0.3, 0.4) is 0 Å². The number of benzene rings is 1. The third kappa shape index (κ3) is 2.70. The van der Waals surface area contributed by atoms with Crippen molar-refractivity contribution in [3.05, 3.63) is 30.1 Å². The molecule has 1 aromatic carbocycles. The lowest BCUT2D eigenvalue weighted by Gasteiger charge is -2.01. The molecule has 0 radical (unpaired) electrons. The van der Waals surface area contributed by atoms with Gasteiger partial charge in [-0.3, -0.25) is 0 Å². The molecule has 0 heterocycles. The van der Waals surface area contributed by atoms with Gasteiger partial charge in [0.05, 0.1) is 12.0 Å². The van der Waals surface area contributed by atoms with Gasteiger partial charge in [0, 0.05) is 14.1 Å². The SMILES string of the molecule is CN(C)C=Nc1cccc(F)c1. The molecule has 0 spiro atoms. The number of hydrogen-bond donors (Lipinski definition) is 0. The van der Waals surface area contributed by atoms with Gasteiger partial charge in [0.2, 0.25) is 0 Å². The Kier molecular flexibility index (Phi) is 2.80. The summed E-state index contributed by atoms with van der Waals surface area (Å²) in [4.78, 5) is 5.82. The molecule has 3 heteroatoms. The molecule has 0 saturated carbocycles. The van der Waals surface area contributed by atoms with E-state index >= 15 is 0 Å². The third-order valence-corrected chi connectivity index (χ3v) is 1.25. The van der Waals surface area contributed by atoms with Crippen LogP contribution in [0.2, 0.25) is 0 Å². The topological polar surface area (TPSA) is 15.6 Å². The first-order valence-electron chi connectivity index (χ1n) is 3.64. The van der Waals surface area contributed by atoms with E-state index in [0.717, 1.165) is 0 Å². The first-order chi connectivity index (χ1) is 5.68. The first kappa shape index (κ1) is 8.71. The molecule has 1 rings (SSSR count). The van der Waals surface area contributed by atoms with Crippen molar-refractivity contribution in [1.29, 1.82) is 0 Å². The Bertz CT molecular complexity index is 282. The van der Waals surface area contributed by atoms with Crippen LogP contribution in [0.4, 0.5) is 10.1 Å². The van der Waals surface area contributed by atoms with E-state index in [2.05, 4.69) is 4.99 Å². The van der Waals surface area contributed by atoms with Gasteiger partial charge < -0.3 is 4.90 Å². The lowest BCUT2D eigenvalue weighted by atomic mass is 10.3. The molecule has 1 aromatic rings. The van der Waals surface area contributed by atoms with E-state index in [9.17, 15) is 4.39 Å². The molecular formula is C9H11FN2. The second-order valence-electron chi connectivity index (χ2n) is 2.69. The lowest BCUT2D eigenvalue weighted by Crippen LogP contribution is -2.06. The van der Waals surface area contributed by atoms with Crippen LogP contribution in [0.5, 0.6) is 0 Å². The summed E-state index contributed by atoms with van der Waals surface area (Å²) in [5.74, 6) is -0.261. The Hall–Kier alpha value is -1.38. The average molecular weight is 166 g/mol. The summed E-state index contributed by atoms with van der Waals surface area (Å²) in [5.41, 5.74) is 0.628. The largest absolute Gasteiger partial charge is 0.369 e. The lowest BCUT2D eigenvalue weighted by molar-refractivity contribution is 0.627. The molecule has 12 heavy (non-hydrogen) atoms. The molecule has 0 bridgehead atoms. The predicted molar refractivity (Wildman–Crippen MR) is 48.2 cm³/mol. The average Bonchev–Trinajstić information content (AvgIpc) is 2.01. The molecule has 0 aromatic heterocycles. The van der Waals surface area contributed by atoms with Gasteiger partial charge >= 0.3 is 0 Å². The Labute approximate surface area is 71.3 Å². The molecule has 0 aliphatic heterocycles. The van der Waals surface area contributed by atoms with Crippen molar-refractivity contribution in [2.75, 3.05) is 14.1 Å². The molecule has 64 valence electrons. The number of aliphatic imine (C=N–C) groups is 1. The minimum absolute atomic E-state index is 0.261. The molecule has 0 unspecified atom stereocenters. The van der Waals surface area contributed by atoms with Crippen LogP contribution in [-0.2, 0) is 0 Å². The number of halogens is 1. The summed E-state index contributed by atoms with van der Waals surface area (Å²) < 4.78 is 12.6. The zero-order valence-corrected chi connectivity index (χ0v) is 7.16. The zero-order chi connectivity index (χ0) is 8.97. The molecule has 2 nitrogen and oxygen atoms in total. The smallest absolute Gasteiger partial charge is 0.125 e. The highest BCUT2D eigenvalue weighted by Crippen LogP contribution is 2.11. The number of rotatable bonds is 2. The highest BCUT2D eigenvalue weighted by molar-refractivity contribution is 5.60. The van der Waals surface area contributed by atoms with Gasteiger partial charge in [0.1, 0.15) is 5.82 Å². The molecule has 0 aliphatic rings. The molecule has 0 fully saturated rings. The van der Waals surface area contributed by atoms with Crippen LogP contribution < -0.4 is 0 Å².